The fourth-order valence-corrected chi connectivity index (χ4v) is 5.50. The molecule has 0 bridgehead atoms. The summed E-state index contributed by atoms with van der Waals surface area (Å²) >= 11 is 0. The van der Waals surface area contributed by atoms with Crippen LogP contribution in [0.15, 0.2) is 77.9 Å². The summed E-state index contributed by atoms with van der Waals surface area (Å²) in [6, 6.07) is 19.9. The van der Waals surface area contributed by atoms with E-state index in [1.54, 1.807) is 18.5 Å². The van der Waals surface area contributed by atoms with Crippen LogP contribution < -0.4 is 9.62 Å². The average molecular weight is 470 g/mol. The first-order valence-corrected chi connectivity index (χ1v) is 13.1. The molecule has 0 aromatic heterocycles. The van der Waals surface area contributed by atoms with Crippen LogP contribution in [0.1, 0.15) is 25.7 Å². The van der Waals surface area contributed by atoms with Gasteiger partial charge in [-0.25, -0.2) is 8.42 Å². The largest absolute Gasteiger partial charge is 0.359 e. The van der Waals surface area contributed by atoms with E-state index in [-0.39, 0.29) is 12.6 Å². The highest BCUT2D eigenvalue weighted by Crippen LogP contribution is 2.39. The van der Waals surface area contributed by atoms with Crippen molar-refractivity contribution in [2.75, 3.05) is 24.8 Å². The second-order valence-electron chi connectivity index (χ2n) is 8.58. The van der Waals surface area contributed by atoms with Gasteiger partial charge in [-0.05, 0) is 43.2 Å². The summed E-state index contributed by atoms with van der Waals surface area (Å²) in [5.74, 6) is 0. The van der Waals surface area contributed by atoms with Crippen LogP contribution in [0.5, 0.6) is 0 Å². The Bertz CT molecular complexity index is 1050. The Morgan fingerprint density at radius 1 is 1.03 bits per heavy atom. The summed E-state index contributed by atoms with van der Waals surface area (Å²) in [4.78, 5) is 6.52. The van der Waals surface area contributed by atoms with E-state index in [4.69, 9.17) is 9.47 Å². The number of para-hydroxylation sites is 2. The normalized spacial score (nSPS) is 25.4. The van der Waals surface area contributed by atoms with Crippen molar-refractivity contribution in [1.29, 1.82) is 0 Å². The minimum absolute atomic E-state index is 0.0211. The van der Waals surface area contributed by atoms with Crippen LogP contribution in [0.25, 0.3) is 0 Å². The van der Waals surface area contributed by atoms with Crippen molar-refractivity contribution < 1.29 is 17.9 Å². The van der Waals surface area contributed by atoms with E-state index in [0.29, 0.717) is 0 Å². The highest BCUT2D eigenvalue weighted by atomic mass is 32.2. The van der Waals surface area contributed by atoms with E-state index in [1.807, 2.05) is 60.7 Å². The van der Waals surface area contributed by atoms with Gasteiger partial charge in [0.15, 0.2) is 11.3 Å². The zero-order valence-corrected chi connectivity index (χ0v) is 19.9. The van der Waals surface area contributed by atoms with Crippen LogP contribution in [0.4, 0.5) is 11.4 Å². The SMILES string of the molecule is COC1(NS(C)(=O)=O)C=CN=CC1(CN(c1ccccc1)c1ccccc1)OC1CCCC1. The third-order valence-corrected chi connectivity index (χ3v) is 6.85. The average Bonchev–Trinajstić information content (AvgIpc) is 3.32. The first-order valence-electron chi connectivity index (χ1n) is 11.2. The molecular weight excluding hydrogens is 438 g/mol. The molecule has 1 saturated carbocycles. The molecule has 1 fully saturated rings. The van der Waals surface area contributed by atoms with Crippen LogP contribution in [0.2, 0.25) is 0 Å². The predicted octanol–water partition coefficient (Wildman–Crippen LogP) is 4.01. The molecule has 0 saturated heterocycles. The maximum absolute atomic E-state index is 12.5. The fraction of sp³-hybridized carbons (Fsp3) is 0.400. The summed E-state index contributed by atoms with van der Waals surface area (Å²) < 4.78 is 40.4. The van der Waals surface area contributed by atoms with Gasteiger partial charge in [-0.15, -0.1) is 0 Å². The van der Waals surface area contributed by atoms with Crippen molar-refractivity contribution in [2.45, 2.75) is 43.1 Å². The molecule has 0 amide bonds. The Labute approximate surface area is 196 Å². The summed E-state index contributed by atoms with van der Waals surface area (Å²) in [6.07, 6.45) is 9.95. The third kappa shape index (κ3) is 5.19. The fourth-order valence-electron chi connectivity index (χ4n) is 4.63. The second kappa shape index (κ2) is 9.77. The van der Waals surface area contributed by atoms with Gasteiger partial charge < -0.3 is 14.4 Å². The lowest BCUT2D eigenvalue weighted by molar-refractivity contribution is -0.159. The summed E-state index contributed by atoms with van der Waals surface area (Å²) in [7, 11) is -2.16. The third-order valence-electron chi connectivity index (χ3n) is 6.17. The molecule has 0 spiro atoms. The van der Waals surface area contributed by atoms with Crippen LogP contribution in [-0.2, 0) is 19.5 Å². The highest BCUT2D eigenvalue weighted by molar-refractivity contribution is 7.88. The van der Waals surface area contributed by atoms with E-state index >= 15 is 0 Å². The molecule has 8 heteroatoms. The number of ether oxygens (including phenoxy) is 2. The first kappa shape index (κ1) is 23.6. The Hall–Kier alpha value is -2.52. The molecule has 176 valence electrons. The van der Waals surface area contributed by atoms with Crippen LogP contribution in [0, 0.1) is 0 Å². The van der Waals surface area contributed by atoms with Crippen molar-refractivity contribution >= 4 is 27.6 Å². The van der Waals surface area contributed by atoms with E-state index < -0.39 is 21.3 Å². The molecule has 2 atom stereocenters. The van der Waals surface area contributed by atoms with E-state index in [9.17, 15) is 8.42 Å². The number of hydrogen-bond donors (Lipinski definition) is 1. The molecule has 7 nitrogen and oxygen atoms in total. The Balaban J connectivity index is 1.84. The number of anilines is 2. The standard InChI is InChI=1S/C25H31N3O4S/c1-31-25(27-33(2,29)30)17-18-26-19-24(25,32-23-15-9-10-16-23)20-28(21-11-5-3-6-12-21)22-13-7-4-8-14-22/h3-8,11-14,17-19,23,27H,9-10,15-16,20H2,1-2H3. The van der Waals surface area contributed by atoms with Gasteiger partial charge in [0.2, 0.25) is 10.0 Å². The van der Waals surface area contributed by atoms with Crippen molar-refractivity contribution in [1.82, 2.24) is 4.72 Å². The minimum atomic E-state index is -3.65. The van der Waals surface area contributed by atoms with Gasteiger partial charge >= 0.3 is 0 Å². The lowest BCUT2D eigenvalue weighted by Crippen LogP contribution is -2.71. The van der Waals surface area contributed by atoms with Crippen LogP contribution in [0.3, 0.4) is 0 Å². The van der Waals surface area contributed by atoms with Gasteiger partial charge in [0.25, 0.3) is 0 Å². The molecule has 1 N–H and O–H groups in total. The Morgan fingerprint density at radius 2 is 1.61 bits per heavy atom. The topological polar surface area (TPSA) is 80.2 Å². The maximum atomic E-state index is 12.5. The zero-order chi connectivity index (χ0) is 23.4. The molecule has 1 aliphatic carbocycles. The van der Waals surface area contributed by atoms with Crippen LogP contribution in [-0.4, -0.2) is 52.0 Å². The predicted molar refractivity (Wildman–Crippen MR) is 131 cm³/mol. The lowest BCUT2D eigenvalue weighted by Gasteiger charge is -2.49. The molecular formula is C25H31N3O4S. The Kier molecular flexibility index (Phi) is 6.99. The van der Waals surface area contributed by atoms with Gasteiger partial charge in [0, 0.05) is 30.9 Å². The molecule has 33 heavy (non-hydrogen) atoms. The van der Waals surface area contributed by atoms with Crippen molar-refractivity contribution in [2.24, 2.45) is 4.99 Å². The first-order chi connectivity index (χ1) is 15.9. The van der Waals surface area contributed by atoms with E-state index in [2.05, 4.69) is 14.6 Å². The van der Waals surface area contributed by atoms with Gasteiger partial charge in [-0.3, -0.25) is 4.99 Å². The number of benzene rings is 2. The number of hydrogen-bond acceptors (Lipinski definition) is 6. The molecule has 0 radical (unpaired) electrons. The quantitative estimate of drug-likeness (QED) is 0.561. The Morgan fingerprint density at radius 3 is 2.12 bits per heavy atom. The summed E-state index contributed by atoms with van der Waals surface area (Å²) in [6.45, 7) is 0.279. The van der Waals surface area contributed by atoms with Crippen LogP contribution >= 0.6 is 0 Å². The monoisotopic (exact) mass is 469 g/mol. The minimum Gasteiger partial charge on any atom is -0.359 e. The molecule has 2 aromatic rings. The molecule has 1 heterocycles. The lowest BCUT2D eigenvalue weighted by atomic mass is 9.87. The molecule has 2 unspecified atom stereocenters. The van der Waals surface area contributed by atoms with Gasteiger partial charge in [0.1, 0.15) is 0 Å². The van der Waals surface area contributed by atoms with Crippen molar-refractivity contribution in [3.05, 3.63) is 72.9 Å². The van der Waals surface area contributed by atoms with Crippen molar-refractivity contribution in [3.63, 3.8) is 0 Å². The maximum Gasteiger partial charge on any atom is 0.211 e. The van der Waals surface area contributed by atoms with Gasteiger partial charge in [0.05, 0.1) is 18.9 Å². The number of nitrogens with one attached hydrogen (secondary N) is 1. The zero-order valence-electron chi connectivity index (χ0n) is 19.1. The van der Waals surface area contributed by atoms with Gasteiger partial charge in [-0.2, -0.15) is 4.72 Å². The molecule has 1 aliphatic heterocycles. The highest BCUT2D eigenvalue weighted by Gasteiger charge is 2.56. The molecule has 4 rings (SSSR count). The van der Waals surface area contributed by atoms with Crippen molar-refractivity contribution in [3.8, 4) is 0 Å². The number of sulfonamides is 1. The summed E-state index contributed by atoms with van der Waals surface area (Å²) in [5, 5.41) is 0. The smallest absolute Gasteiger partial charge is 0.211 e. The second-order valence-corrected chi connectivity index (χ2v) is 10.3. The summed E-state index contributed by atoms with van der Waals surface area (Å²) in [5.41, 5.74) is -0.789. The van der Waals surface area contributed by atoms with E-state index in [0.717, 1.165) is 43.3 Å². The number of aliphatic imine (C=N–C) groups is 1. The van der Waals surface area contributed by atoms with E-state index in [1.165, 1.54) is 7.11 Å². The molecule has 2 aromatic carbocycles. The number of methoxy groups -OCH3 is 1. The number of rotatable bonds is 9. The van der Waals surface area contributed by atoms with Gasteiger partial charge in [-0.1, -0.05) is 49.2 Å². The number of nitrogens with zero attached hydrogens (tertiary/aromatic N) is 2. The molecule has 2 aliphatic rings.